The molecule has 1 aromatic carbocycles. The quantitative estimate of drug-likeness (QED) is 0.374. The van der Waals surface area contributed by atoms with E-state index >= 15 is 0 Å². The zero-order valence-electron chi connectivity index (χ0n) is 15.5. The zero-order chi connectivity index (χ0) is 20.3. The molecule has 5 nitrogen and oxygen atoms in total. The van der Waals surface area contributed by atoms with Gasteiger partial charge >= 0.3 is 0 Å². The van der Waals surface area contributed by atoms with Crippen molar-refractivity contribution < 1.29 is 4.79 Å². The van der Waals surface area contributed by atoms with Crippen molar-refractivity contribution in [2.24, 2.45) is 0 Å². The lowest BCUT2D eigenvalue weighted by Gasteiger charge is -2.15. The molecule has 3 aromatic rings. The van der Waals surface area contributed by atoms with Crippen LogP contribution >= 0.6 is 35.1 Å². The van der Waals surface area contributed by atoms with Gasteiger partial charge in [-0.3, -0.25) is 4.79 Å². The van der Waals surface area contributed by atoms with Crippen LogP contribution in [-0.2, 0) is 4.79 Å². The molecule has 0 saturated heterocycles. The van der Waals surface area contributed by atoms with E-state index in [9.17, 15) is 4.79 Å². The van der Waals surface area contributed by atoms with Crippen LogP contribution < -0.4 is 10.0 Å². The SMILES string of the molecule is CC(=O)Nc1cc(-c2cnc(Cl)c(NSc3c(C)cccc3Cl)c2C)ccn1. The third-order valence-corrected chi connectivity index (χ3v) is 5.85. The zero-order valence-corrected chi connectivity index (χ0v) is 17.8. The minimum atomic E-state index is -0.176. The highest BCUT2D eigenvalue weighted by atomic mass is 35.5. The molecule has 0 unspecified atom stereocenters. The summed E-state index contributed by atoms with van der Waals surface area (Å²) >= 11 is 14.1. The molecule has 0 radical (unpaired) electrons. The van der Waals surface area contributed by atoms with Gasteiger partial charge in [0.1, 0.15) is 5.82 Å². The summed E-state index contributed by atoms with van der Waals surface area (Å²) in [7, 11) is 0. The van der Waals surface area contributed by atoms with Gasteiger partial charge < -0.3 is 10.0 Å². The minimum absolute atomic E-state index is 0.176. The molecule has 0 aliphatic heterocycles. The van der Waals surface area contributed by atoms with Gasteiger partial charge in [0.2, 0.25) is 5.91 Å². The van der Waals surface area contributed by atoms with Crippen LogP contribution in [0.25, 0.3) is 11.1 Å². The van der Waals surface area contributed by atoms with E-state index in [1.165, 1.54) is 18.9 Å². The molecule has 28 heavy (non-hydrogen) atoms. The molecule has 0 aliphatic rings. The lowest BCUT2D eigenvalue weighted by Crippen LogP contribution is -2.07. The monoisotopic (exact) mass is 432 g/mol. The Morgan fingerprint density at radius 1 is 1.14 bits per heavy atom. The fourth-order valence-electron chi connectivity index (χ4n) is 2.68. The molecular formula is C20H18Cl2N4OS. The lowest BCUT2D eigenvalue weighted by atomic mass is 10.0. The number of halogens is 2. The smallest absolute Gasteiger partial charge is 0.222 e. The Morgan fingerprint density at radius 3 is 2.64 bits per heavy atom. The third kappa shape index (κ3) is 4.58. The highest BCUT2D eigenvalue weighted by molar-refractivity contribution is 8.00. The van der Waals surface area contributed by atoms with E-state index in [0.717, 1.165) is 27.1 Å². The van der Waals surface area contributed by atoms with Gasteiger partial charge in [0.15, 0.2) is 5.15 Å². The number of aromatic nitrogens is 2. The Labute approximate surface area is 178 Å². The van der Waals surface area contributed by atoms with Crippen LogP contribution in [0.1, 0.15) is 18.1 Å². The summed E-state index contributed by atoms with van der Waals surface area (Å²) in [4.78, 5) is 20.7. The van der Waals surface area contributed by atoms with Gasteiger partial charge in [-0.2, -0.15) is 0 Å². The van der Waals surface area contributed by atoms with Crippen LogP contribution in [0.4, 0.5) is 11.5 Å². The van der Waals surface area contributed by atoms with Crippen LogP contribution in [0.5, 0.6) is 0 Å². The molecule has 0 spiro atoms. The van der Waals surface area contributed by atoms with E-state index in [4.69, 9.17) is 23.2 Å². The summed E-state index contributed by atoms with van der Waals surface area (Å²) in [5, 5.41) is 3.73. The Kier molecular flexibility index (Phi) is 6.44. The van der Waals surface area contributed by atoms with E-state index in [-0.39, 0.29) is 5.91 Å². The van der Waals surface area contributed by atoms with Crippen molar-refractivity contribution in [2.45, 2.75) is 25.7 Å². The van der Waals surface area contributed by atoms with E-state index in [0.29, 0.717) is 21.7 Å². The largest absolute Gasteiger partial charge is 0.323 e. The Hall–Kier alpha value is -2.28. The van der Waals surface area contributed by atoms with Crippen molar-refractivity contribution in [2.75, 3.05) is 10.0 Å². The summed E-state index contributed by atoms with van der Waals surface area (Å²) in [6.45, 7) is 5.41. The average molecular weight is 433 g/mol. The fraction of sp³-hybridized carbons (Fsp3) is 0.150. The topological polar surface area (TPSA) is 66.9 Å². The number of hydrogen-bond donors (Lipinski definition) is 2. The first-order valence-electron chi connectivity index (χ1n) is 8.44. The summed E-state index contributed by atoms with van der Waals surface area (Å²) < 4.78 is 3.29. The van der Waals surface area contributed by atoms with Crippen molar-refractivity contribution >= 4 is 52.6 Å². The van der Waals surface area contributed by atoms with Crippen LogP contribution in [-0.4, -0.2) is 15.9 Å². The molecular weight excluding hydrogens is 415 g/mol. The Balaban J connectivity index is 1.93. The lowest BCUT2D eigenvalue weighted by molar-refractivity contribution is -0.114. The average Bonchev–Trinajstić information content (AvgIpc) is 2.63. The Morgan fingerprint density at radius 2 is 1.93 bits per heavy atom. The number of benzene rings is 1. The summed E-state index contributed by atoms with van der Waals surface area (Å²) in [6.07, 6.45) is 3.35. The van der Waals surface area contributed by atoms with Gasteiger partial charge in [0.25, 0.3) is 0 Å². The molecule has 0 aliphatic carbocycles. The van der Waals surface area contributed by atoms with Gasteiger partial charge in [-0.15, -0.1) is 0 Å². The number of rotatable bonds is 5. The molecule has 0 bridgehead atoms. The van der Waals surface area contributed by atoms with Gasteiger partial charge in [0.05, 0.1) is 10.7 Å². The maximum absolute atomic E-state index is 11.3. The number of hydrogen-bond acceptors (Lipinski definition) is 5. The number of carbonyl (C=O) groups is 1. The highest BCUT2D eigenvalue weighted by Gasteiger charge is 2.14. The van der Waals surface area contributed by atoms with Crippen LogP contribution in [0.15, 0.2) is 47.6 Å². The minimum Gasteiger partial charge on any atom is -0.323 e. The maximum Gasteiger partial charge on any atom is 0.222 e. The summed E-state index contributed by atoms with van der Waals surface area (Å²) in [5.41, 5.74) is 4.47. The van der Waals surface area contributed by atoms with Crippen LogP contribution in [0, 0.1) is 13.8 Å². The molecule has 2 aromatic heterocycles. The summed E-state index contributed by atoms with van der Waals surface area (Å²) in [6, 6.07) is 9.42. The van der Waals surface area contributed by atoms with Gasteiger partial charge in [-0.05, 0) is 60.7 Å². The van der Waals surface area contributed by atoms with E-state index in [2.05, 4.69) is 20.0 Å². The normalized spacial score (nSPS) is 10.6. The molecule has 2 heterocycles. The van der Waals surface area contributed by atoms with E-state index < -0.39 is 0 Å². The van der Waals surface area contributed by atoms with E-state index in [1.54, 1.807) is 18.5 Å². The predicted octanol–water partition coefficient (Wildman–Crippen LogP) is 6.14. The van der Waals surface area contributed by atoms with Crippen molar-refractivity contribution in [1.29, 1.82) is 0 Å². The third-order valence-electron chi connectivity index (χ3n) is 4.09. The number of pyridine rings is 2. The maximum atomic E-state index is 11.3. The van der Waals surface area contributed by atoms with Crippen molar-refractivity contribution in [1.82, 2.24) is 9.97 Å². The molecule has 0 saturated carbocycles. The van der Waals surface area contributed by atoms with Crippen LogP contribution in [0.2, 0.25) is 10.2 Å². The van der Waals surface area contributed by atoms with Gasteiger partial charge in [-0.1, -0.05) is 35.3 Å². The standard InChI is InChI=1S/C20H18Cl2N4OS/c1-11-5-4-6-16(21)19(11)28-26-18-12(2)15(10-24-20(18)22)14-7-8-23-17(9-14)25-13(3)27/h4-10,26H,1-3H3,(H,23,25,27). The first kappa shape index (κ1) is 20.5. The molecule has 144 valence electrons. The fourth-order valence-corrected chi connectivity index (χ4v) is 4.16. The second kappa shape index (κ2) is 8.82. The van der Waals surface area contributed by atoms with Gasteiger partial charge in [0, 0.05) is 29.8 Å². The number of nitrogens with one attached hydrogen (secondary N) is 2. The molecule has 3 rings (SSSR count). The number of amides is 1. The molecule has 0 atom stereocenters. The number of carbonyl (C=O) groups excluding carboxylic acids is 1. The molecule has 8 heteroatoms. The highest BCUT2D eigenvalue weighted by Crippen LogP contribution is 2.37. The molecule has 1 amide bonds. The first-order chi connectivity index (χ1) is 13.4. The summed E-state index contributed by atoms with van der Waals surface area (Å²) in [5.74, 6) is 0.305. The molecule has 2 N–H and O–H groups in total. The van der Waals surface area contributed by atoms with E-state index in [1.807, 2.05) is 38.1 Å². The van der Waals surface area contributed by atoms with Crippen LogP contribution in [0.3, 0.4) is 0 Å². The molecule has 0 fully saturated rings. The number of aryl methyl sites for hydroxylation is 1. The second-order valence-corrected chi connectivity index (χ2v) is 7.75. The van der Waals surface area contributed by atoms with Crippen molar-refractivity contribution in [3.63, 3.8) is 0 Å². The number of anilines is 2. The van der Waals surface area contributed by atoms with Crippen molar-refractivity contribution in [3.05, 3.63) is 64.0 Å². The predicted molar refractivity (Wildman–Crippen MR) is 117 cm³/mol. The van der Waals surface area contributed by atoms with Gasteiger partial charge in [-0.25, -0.2) is 9.97 Å². The Bertz CT molecular complexity index is 1020. The number of nitrogens with zero attached hydrogens (tertiary/aromatic N) is 2. The second-order valence-electron chi connectivity index (χ2n) is 6.16. The first-order valence-corrected chi connectivity index (χ1v) is 10.0. The van der Waals surface area contributed by atoms with Crippen molar-refractivity contribution in [3.8, 4) is 11.1 Å².